The molecule has 3 atom stereocenters. The summed E-state index contributed by atoms with van der Waals surface area (Å²) in [6, 6.07) is 4.96. The minimum atomic E-state index is -0.159. The first-order chi connectivity index (χ1) is 9.88. The Balaban J connectivity index is 1.99. The summed E-state index contributed by atoms with van der Waals surface area (Å²) < 4.78 is 0. The lowest BCUT2D eigenvalue weighted by Gasteiger charge is -2.38. The zero-order valence-electron chi connectivity index (χ0n) is 12.9. The van der Waals surface area contributed by atoms with Gasteiger partial charge in [-0.25, -0.2) is 0 Å². The third-order valence-electron chi connectivity index (χ3n) is 4.54. The van der Waals surface area contributed by atoms with E-state index in [1.165, 1.54) is 0 Å². The van der Waals surface area contributed by atoms with E-state index in [4.69, 9.17) is 17.3 Å². The smallest absolute Gasteiger partial charge is 0.241 e. The van der Waals surface area contributed by atoms with E-state index < -0.39 is 0 Å². The van der Waals surface area contributed by atoms with Crippen LogP contribution in [-0.4, -0.2) is 29.9 Å². The van der Waals surface area contributed by atoms with Gasteiger partial charge in [0.25, 0.3) is 0 Å². The molecule has 1 aromatic carbocycles. The summed E-state index contributed by atoms with van der Waals surface area (Å²) in [5.74, 6) is 1.32. The van der Waals surface area contributed by atoms with Gasteiger partial charge in [-0.05, 0) is 49.9 Å². The van der Waals surface area contributed by atoms with E-state index in [0.717, 1.165) is 25.4 Å². The molecule has 0 saturated carbocycles. The van der Waals surface area contributed by atoms with E-state index in [-0.39, 0.29) is 11.9 Å². The van der Waals surface area contributed by atoms with Crippen molar-refractivity contribution in [3.05, 3.63) is 23.2 Å². The van der Waals surface area contributed by atoms with Crippen LogP contribution < -0.4 is 11.1 Å². The van der Waals surface area contributed by atoms with Crippen LogP contribution in [0.1, 0.15) is 27.2 Å². The molecule has 0 radical (unpaired) electrons. The minimum Gasteiger partial charge on any atom is -0.399 e. The van der Waals surface area contributed by atoms with Crippen molar-refractivity contribution in [2.45, 2.75) is 33.2 Å². The summed E-state index contributed by atoms with van der Waals surface area (Å²) in [6.45, 7) is 8.41. The molecule has 3 unspecified atom stereocenters. The Kier molecular flexibility index (Phi) is 5.12. The lowest BCUT2D eigenvalue weighted by Crippen LogP contribution is -2.48. The van der Waals surface area contributed by atoms with Crippen LogP contribution >= 0.6 is 11.6 Å². The van der Waals surface area contributed by atoms with Gasteiger partial charge in [0, 0.05) is 12.2 Å². The third kappa shape index (κ3) is 3.89. The highest BCUT2D eigenvalue weighted by molar-refractivity contribution is 6.34. The van der Waals surface area contributed by atoms with E-state index in [2.05, 4.69) is 24.1 Å². The number of hydrogen-bond donors (Lipinski definition) is 2. The SMILES string of the molecule is CC1CCN(C(C)C(=O)Nc2ccc(N)cc2Cl)CC1C. The molecule has 1 aliphatic rings. The van der Waals surface area contributed by atoms with Crippen molar-refractivity contribution in [1.29, 1.82) is 0 Å². The molecule has 1 amide bonds. The Morgan fingerprint density at radius 2 is 2.14 bits per heavy atom. The van der Waals surface area contributed by atoms with Crippen LogP contribution in [0, 0.1) is 11.8 Å². The molecule has 5 heteroatoms. The van der Waals surface area contributed by atoms with Gasteiger partial charge in [0.05, 0.1) is 16.8 Å². The highest BCUT2D eigenvalue weighted by Gasteiger charge is 2.29. The summed E-state index contributed by atoms with van der Waals surface area (Å²) in [7, 11) is 0. The zero-order valence-corrected chi connectivity index (χ0v) is 13.7. The molecule has 4 nitrogen and oxygen atoms in total. The first-order valence-corrected chi connectivity index (χ1v) is 7.86. The van der Waals surface area contributed by atoms with E-state index >= 15 is 0 Å². The van der Waals surface area contributed by atoms with Crippen LogP contribution in [0.2, 0.25) is 5.02 Å². The first-order valence-electron chi connectivity index (χ1n) is 7.48. The number of nitrogen functional groups attached to an aromatic ring is 1. The second kappa shape index (κ2) is 6.67. The molecule has 0 aliphatic carbocycles. The lowest BCUT2D eigenvalue weighted by molar-refractivity contribution is -0.121. The molecule has 1 heterocycles. The predicted octanol–water partition coefficient (Wildman–Crippen LogP) is 3.23. The number of nitrogens with zero attached hydrogens (tertiary/aromatic N) is 1. The molecule has 0 aromatic heterocycles. The average Bonchev–Trinajstić information content (AvgIpc) is 2.44. The van der Waals surface area contributed by atoms with Crippen LogP contribution in [0.25, 0.3) is 0 Å². The van der Waals surface area contributed by atoms with Crippen molar-refractivity contribution < 1.29 is 4.79 Å². The van der Waals surface area contributed by atoms with E-state index in [1.54, 1.807) is 18.2 Å². The highest BCUT2D eigenvalue weighted by Crippen LogP contribution is 2.26. The number of nitrogens with two attached hydrogens (primary N) is 1. The molecule has 2 rings (SSSR count). The molecule has 1 fully saturated rings. The molecule has 1 saturated heterocycles. The molecular formula is C16H24ClN3O. The zero-order chi connectivity index (χ0) is 15.6. The first kappa shape index (κ1) is 16.1. The summed E-state index contributed by atoms with van der Waals surface area (Å²) in [6.07, 6.45) is 1.14. The number of likely N-dealkylation sites (tertiary alicyclic amines) is 1. The number of piperidine rings is 1. The van der Waals surface area contributed by atoms with Crippen molar-refractivity contribution in [2.75, 3.05) is 24.1 Å². The van der Waals surface area contributed by atoms with E-state index in [1.807, 2.05) is 6.92 Å². The van der Waals surface area contributed by atoms with Gasteiger partial charge in [-0.15, -0.1) is 0 Å². The Hall–Kier alpha value is -1.26. The Morgan fingerprint density at radius 1 is 1.43 bits per heavy atom. The number of rotatable bonds is 3. The maximum absolute atomic E-state index is 12.4. The van der Waals surface area contributed by atoms with Crippen LogP contribution in [0.3, 0.4) is 0 Å². The molecule has 1 aromatic rings. The van der Waals surface area contributed by atoms with Gasteiger partial charge in [0.15, 0.2) is 0 Å². The normalized spacial score (nSPS) is 24.6. The van der Waals surface area contributed by atoms with Crippen molar-refractivity contribution in [1.82, 2.24) is 4.90 Å². The van der Waals surface area contributed by atoms with Crippen LogP contribution in [-0.2, 0) is 4.79 Å². The number of carbonyl (C=O) groups is 1. The van der Waals surface area contributed by atoms with Gasteiger partial charge in [-0.2, -0.15) is 0 Å². The summed E-state index contributed by atoms with van der Waals surface area (Å²) in [5, 5.41) is 3.36. The largest absolute Gasteiger partial charge is 0.399 e. The number of carbonyl (C=O) groups excluding carboxylic acids is 1. The molecule has 3 N–H and O–H groups in total. The number of nitrogens with one attached hydrogen (secondary N) is 1. The molecule has 1 aliphatic heterocycles. The second-order valence-corrected chi connectivity index (χ2v) is 6.55. The van der Waals surface area contributed by atoms with Crippen molar-refractivity contribution in [2.24, 2.45) is 11.8 Å². The quantitative estimate of drug-likeness (QED) is 0.843. The van der Waals surface area contributed by atoms with Gasteiger partial charge in [-0.1, -0.05) is 25.4 Å². The maximum atomic E-state index is 12.4. The van der Waals surface area contributed by atoms with E-state index in [9.17, 15) is 4.79 Å². The second-order valence-electron chi connectivity index (χ2n) is 6.14. The third-order valence-corrected chi connectivity index (χ3v) is 4.86. The summed E-state index contributed by atoms with van der Waals surface area (Å²) in [5.41, 5.74) is 6.86. The Morgan fingerprint density at radius 3 is 2.76 bits per heavy atom. The maximum Gasteiger partial charge on any atom is 0.241 e. The van der Waals surface area contributed by atoms with Crippen molar-refractivity contribution in [3.63, 3.8) is 0 Å². The minimum absolute atomic E-state index is 0.0246. The number of hydrogen-bond acceptors (Lipinski definition) is 3. The molecular weight excluding hydrogens is 286 g/mol. The van der Waals surface area contributed by atoms with Gasteiger partial charge < -0.3 is 11.1 Å². The van der Waals surface area contributed by atoms with Crippen LogP contribution in [0.4, 0.5) is 11.4 Å². The summed E-state index contributed by atoms with van der Waals surface area (Å²) >= 11 is 6.10. The van der Waals surface area contributed by atoms with Crippen molar-refractivity contribution in [3.8, 4) is 0 Å². The highest BCUT2D eigenvalue weighted by atomic mass is 35.5. The fraction of sp³-hybridized carbons (Fsp3) is 0.562. The monoisotopic (exact) mass is 309 g/mol. The molecule has 116 valence electrons. The van der Waals surface area contributed by atoms with Crippen molar-refractivity contribution >= 4 is 28.9 Å². The summed E-state index contributed by atoms with van der Waals surface area (Å²) in [4.78, 5) is 14.6. The van der Waals surface area contributed by atoms with E-state index in [0.29, 0.717) is 22.3 Å². The average molecular weight is 310 g/mol. The van der Waals surface area contributed by atoms with Crippen LogP contribution in [0.5, 0.6) is 0 Å². The molecule has 0 spiro atoms. The number of anilines is 2. The van der Waals surface area contributed by atoms with Gasteiger partial charge >= 0.3 is 0 Å². The van der Waals surface area contributed by atoms with Gasteiger partial charge in [0.2, 0.25) is 5.91 Å². The molecule has 0 bridgehead atoms. The standard InChI is InChI=1S/C16H24ClN3O/c1-10-6-7-20(9-11(10)2)12(3)16(21)19-15-5-4-13(18)8-14(15)17/h4-5,8,10-12H,6-7,9,18H2,1-3H3,(H,19,21). The predicted molar refractivity (Wildman–Crippen MR) is 88.5 cm³/mol. The topological polar surface area (TPSA) is 58.4 Å². The number of amides is 1. The fourth-order valence-electron chi connectivity index (χ4n) is 2.68. The van der Waals surface area contributed by atoms with Crippen LogP contribution in [0.15, 0.2) is 18.2 Å². The van der Waals surface area contributed by atoms with Gasteiger partial charge in [0.1, 0.15) is 0 Å². The number of halogens is 1. The molecule has 21 heavy (non-hydrogen) atoms. The Labute approximate surface area is 131 Å². The van der Waals surface area contributed by atoms with Gasteiger partial charge in [-0.3, -0.25) is 9.69 Å². The lowest BCUT2D eigenvalue weighted by atomic mass is 9.88. The number of benzene rings is 1. The Bertz CT molecular complexity index is 520. The fourth-order valence-corrected chi connectivity index (χ4v) is 2.92.